The number of anilines is 1. The third-order valence-corrected chi connectivity index (χ3v) is 3.54. The van der Waals surface area contributed by atoms with Crippen molar-refractivity contribution < 1.29 is 23.9 Å². The Kier molecular flexibility index (Phi) is 4.51. The van der Waals surface area contributed by atoms with Crippen LogP contribution in [0.25, 0.3) is 0 Å². The van der Waals surface area contributed by atoms with Gasteiger partial charge in [0.25, 0.3) is 5.91 Å². The number of hydrogen-bond acceptors (Lipinski definition) is 5. The zero-order valence-electron chi connectivity index (χ0n) is 13.1. The lowest BCUT2D eigenvalue weighted by Crippen LogP contribution is -2.35. The minimum absolute atomic E-state index is 0.124. The fourth-order valence-electron chi connectivity index (χ4n) is 2.30. The fourth-order valence-corrected chi connectivity index (χ4v) is 2.30. The number of ether oxygens (including phenoxy) is 2. The zero-order valence-corrected chi connectivity index (χ0v) is 13.1. The number of nitrogens with one attached hydrogen (secondary N) is 2. The van der Waals surface area contributed by atoms with Crippen LogP contribution in [0.2, 0.25) is 0 Å². The number of benzene rings is 2. The van der Waals surface area contributed by atoms with E-state index in [0.29, 0.717) is 11.5 Å². The van der Waals surface area contributed by atoms with Gasteiger partial charge in [-0.2, -0.15) is 0 Å². The van der Waals surface area contributed by atoms with Gasteiger partial charge in [-0.05, 0) is 29.8 Å². The lowest BCUT2D eigenvalue weighted by Gasteiger charge is -2.09. The number of rotatable bonds is 4. The molecule has 0 radical (unpaired) electrons. The van der Waals surface area contributed by atoms with Crippen LogP contribution in [0.3, 0.4) is 0 Å². The molecule has 1 aliphatic rings. The Hall–Kier alpha value is -3.55. The highest BCUT2D eigenvalue weighted by Crippen LogP contribution is 2.32. The molecule has 0 saturated heterocycles. The minimum Gasteiger partial charge on any atom is -0.454 e. The lowest BCUT2D eigenvalue weighted by atomic mass is 10.1. The molecule has 8 heteroatoms. The van der Waals surface area contributed by atoms with Crippen LogP contribution in [-0.4, -0.2) is 24.5 Å². The highest BCUT2D eigenvalue weighted by Gasteiger charge is 2.17. The Bertz CT molecular complexity index is 850. The number of carbonyl (C=O) groups is 3. The summed E-state index contributed by atoms with van der Waals surface area (Å²) in [4.78, 5) is 35.2. The van der Waals surface area contributed by atoms with Crippen molar-refractivity contribution >= 4 is 23.4 Å². The maximum absolute atomic E-state index is 12.0. The van der Waals surface area contributed by atoms with Crippen LogP contribution in [0.15, 0.2) is 42.5 Å². The normalized spacial score (nSPS) is 11.7. The number of primary amides is 1. The summed E-state index contributed by atoms with van der Waals surface area (Å²) in [6.45, 7) is 0.299. The van der Waals surface area contributed by atoms with E-state index >= 15 is 0 Å². The van der Waals surface area contributed by atoms with E-state index in [1.165, 1.54) is 12.1 Å². The second-order valence-electron chi connectivity index (χ2n) is 5.23. The Labute approximate surface area is 142 Å². The van der Waals surface area contributed by atoms with E-state index in [2.05, 4.69) is 10.6 Å². The molecule has 8 nitrogen and oxygen atoms in total. The smallest absolute Gasteiger partial charge is 0.313 e. The van der Waals surface area contributed by atoms with E-state index in [1.807, 2.05) is 0 Å². The summed E-state index contributed by atoms with van der Waals surface area (Å²) in [5.74, 6) is -1.20. The van der Waals surface area contributed by atoms with Gasteiger partial charge < -0.3 is 25.8 Å². The molecule has 0 saturated carbocycles. The lowest BCUT2D eigenvalue weighted by molar-refractivity contribution is -0.136. The van der Waals surface area contributed by atoms with Crippen LogP contribution in [-0.2, 0) is 16.1 Å². The van der Waals surface area contributed by atoms with Crippen LogP contribution >= 0.6 is 0 Å². The number of amides is 3. The first-order chi connectivity index (χ1) is 12.0. The number of nitrogens with two attached hydrogens (primary N) is 1. The first kappa shape index (κ1) is 16.3. The van der Waals surface area contributed by atoms with Crippen LogP contribution in [0.1, 0.15) is 15.9 Å². The van der Waals surface area contributed by atoms with Gasteiger partial charge in [0.2, 0.25) is 6.79 Å². The van der Waals surface area contributed by atoms with Gasteiger partial charge in [-0.25, -0.2) is 0 Å². The number of fused-ring (bicyclic) bond motifs is 1. The molecule has 25 heavy (non-hydrogen) atoms. The summed E-state index contributed by atoms with van der Waals surface area (Å²) in [5, 5.41) is 4.87. The molecular weight excluding hydrogens is 326 g/mol. The Morgan fingerprint density at radius 3 is 2.56 bits per heavy atom. The van der Waals surface area contributed by atoms with E-state index in [4.69, 9.17) is 15.2 Å². The molecule has 0 unspecified atom stereocenters. The van der Waals surface area contributed by atoms with Gasteiger partial charge in [-0.15, -0.1) is 0 Å². The van der Waals surface area contributed by atoms with Gasteiger partial charge >= 0.3 is 11.8 Å². The average Bonchev–Trinajstić information content (AvgIpc) is 3.07. The third-order valence-electron chi connectivity index (χ3n) is 3.54. The second-order valence-corrected chi connectivity index (χ2v) is 5.23. The highest BCUT2D eigenvalue weighted by molar-refractivity contribution is 6.40. The minimum atomic E-state index is -0.894. The molecule has 4 N–H and O–H groups in total. The summed E-state index contributed by atoms with van der Waals surface area (Å²) in [6.07, 6.45) is 0. The molecule has 1 heterocycles. The molecule has 0 aromatic heterocycles. The molecule has 2 aromatic rings. The monoisotopic (exact) mass is 341 g/mol. The SMILES string of the molecule is NC(=O)c1ccccc1NC(=O)C(=O)NCc1ccc2c(c1)OCO2. The van der Waals surface area contributed by atoms with Crippen molar-refractivity contribution in [2.24, 2.45) is 5.73 Å². The zero-order chi connectivity index (χ0) is 17.8. The molecule has 0 atom stereocenters. The molecule has 2 aromatic carbocycles. The van der Waals surface area contributed by atoms with Gasteiger partial charge in [-0.1, -0.05) is 18.2 Å². The van der Waals surface area contributed by atoms with Crippen molar-refractivity contribution in [3.8, 4) is 11.5 Å². The Morgan fingerprint density at radius 1 is 1.00 bits per heavy atom. The quantitative estimate of drug-likeness (QED) is 0.710. The van der Waals surface area contributed by atoms with E-state index in [0.717, 1.165) is 5.56 Å². The molecule has 0 bridgehead atoms. The molecule has 0 fully saturated rings. The average molecular weight is 341 g/mol. The largest absolute Gasteiger partial charge is 0.454 e. The predicted molar refractivity (Wildman–Crippen MR) is 88.0 cm³/mol. The topological polar surface area (TPSA) is 120 Å². The van der Waals surface area contributed by atoms with Gasteiger partial charge in [0.05, 0.1) is 11.3 Å². The summed E-state index contributed by atoms with van der Waals surface area (Å²) in [6, 6.07) is 11.4. The van der Waals surface area contributed by atoms with Gasteiger partial charge in [0, 0.05) is 6.54 Å². The van der Waals surface area contributed by atoms with E-state index in [-0.39, 0.29) is 24.6 Å². The van der Waals surface area contributed by atoms with Gasteiger partial charge in [0.15, 0.2) is 11.5 Å². The molecule has 0 spiro atoms. The van der Waals surface area contributed by atoms with Crippen molar-refractivity contribution in [2.45, 2.75) is 6.54 Å². The van der Waals surface area contributed by atoms with Crippen LogP contribution < -0.4 is 25.8 Å². The number of hydrogen-bond donors (Lipinski definition) is 3. The Morgan fingerprint density at radius 2 is 1.76 bits per heavy atom. The molecule has 1 aliphatic heterocycles. The first-order valence-electron chi connectivity index (χ1n) is 7.41. The van der Waals surface area contributed by atoms with Crippen LogP contribution in [0.4, 0.5) is 5.69 Å². The summed E-state index contributed by atoms with van der Waals surface area (Å²) in [7, 11) is 0. The van der Waals surface area contributed by atoms with Crippen molar-refractivity contribution in [3.63, 3.8) is 0 Å². The van der Waals surface area contributed by atoms with E-state index < -0.39 is 17.7 Å². The van der Waals surface area contributed by atoms with E-state index in [1.54, 1.807) is 30.3 Å². The van der Waals surface area contributed by atoms with Gasteiger partial charge in [-0.3, -0.25) is 14.4 Å². The molecule has 0 aliphatic carbocycles. The van der Waals surface area contributed by atoms with Crippen molar-refractivity contribution in [2.75, 3.05) is 12.1 Å². The maximum atomic E-state index is 12.0. The maximum Gasteiger partial charge on any atom is 0.313 e. The summed E-state index contributed by atoms with van der Waals surface area (Å²) in [5.41, 5.74) is 6.29. The highest BCUT2D eigenvalue weighted by atomic mass is 16.7. The molecule has 128 valence electrons. The summed E-state index contributed by atoms with van der Waals surface area (Å²) < 4.78 is 10.5. The second kappa shape index (κ2) is 6.91. The number of para-hydroxylation sites is 1. The fraction of sp³-hybridized carbons (Fsp3) is 0.118. The van der Waals surface area contributed by atoms with Crippen molar-refractivity contribution in [1.29, 1.82) is 0 Å². The standard InChI is InChI=1S/C17H15N3O5/c18-15(21)11-3-1-2-4-12(11)20-17(23)16(22)19-8-10-5-6-13-14(7-10)25-9-24-13/h1-7H,8-9H2,(H2,18,21)(H,19,22)(H,20,23). The number of carbonyl (C=O) groups excluding carboxylic acids is 3. The van der Waals surface area contributed by atoms with Crippen molar-refractivity contribution in [3.05, 3.63) is 53.6 Å². The molecule has 3 rings (SSSR count). The molecular formula is C17H15N3O5. The van der Waals surface area contributed by atoms with E-state index in [9.17, 15) is 14.4 Å². The van der Waals surface area contributed by atoms with Gasteiger partial charge in [0.1, 0.15) is 0 Å². The molecule has 3 amide bonds. The third kappa shape index (κ3) is 3.69. The Balaban J connectivity index is 1.60. The van der Waals surface area contributed by atoms with Crippen LogP contribution in [0, 0.1) is 0 Å². The summed E-state index contributed by atoms with van der Waals surface area (Å²) >= 11 is 0. The first-order valence-corrected chi connectivity index (χ1v) is 7.41. The van der Waals surface area contributed by atoms with Crippen LogP contribution in [0.5, 0.6) is 11.5 Å². The van der Waals surface area contributed by atoms with Crippen molar-refractivity contribution in [1.82, 2.24) is 5.32 Å². The predicted octanol–water partition coefficient (Wildman–Crippen LogP) is 0.769.